The van der Waals surface area contributed by atoms with Gasteiger partial charge >= 0.3 is 0 Å². The summed E-state index contributed by atoms with van der Waals surface area (Å²) < 4.78 is 0. The summed E-state index contributed by atoms with van der Waals surface area (Å²) in [6.07, 6.45) is 1.17. The quantitative estimate of drug-likeness (QED) is 0.881. The highest BCUT2D eigenvalue weighted by atomic mass is 15.3. The smallest absolute Gasteiger partial charge is 0.0351 e. The molecule has 0 radical (unpaired) electrons. The lowest BCUT2D eigenvalue weighted by molar-refractivity contribution is 0.0422. The number of benzene rings is 1. The molecule has 2 heteroatoms. The molecule has 100 valence electrons. The number of piperazine rings is 1. The average molecular weight is 246 g/mol. The lowest BCUT2D eigenvalue weighted by atomic mass is 9.92. The first kappa shape index (κ1) is 13.6. The van der Waals surface area contributed by atoms with Crippen LogP contribution in [-0.4, -0.2) is 30.1 Å². The Balaban J connectivity index is 2.24. The molecule has 0 bridgehead atoms. The summed E-state index contributed by atoms with van der Waals surface area (Å²) in [5.74, 6) is 0. The van der Waals surface area contributed by atoms with Crippen molar-refractivity contribution in [3.05, 3.63) is 35.4 Å². The summed E-state index contributed by atoms with van der Waals surface area (Å²) in [6, 6.07) is 9.59. The molecule has 18 heavy (non-hydrogen) atoms. The van der Waals surface area contributed by atoms with Gasteiger partial charge in [0.25, 0.3) is 0 Å². The van der Waals surface area contributed by atoms with Crippen LogP contribution in [0.4, 0.5) is 0 Å². The van der Waals surface area contributed by atoms with Crippen LogP contribution in [0.2, 0.25) is 0 Å². The molecule has 1 aromatic rings. The molecule has 1 fully saturated rings. The fraction of sp³-hybridized carbons (Fsp3) is 0.625. The zero-order chi connectivity index (χ0) is 13.2. The first-order valence-electron chi connectivity index (χ1n) is 7.08. The largest absolute Gasteiger partial charge is 0.314 e. The van der Waals surface area contributed by atoms with Crippen molar-refractivity contribution in [1.82, 2.24) is 10.2 Å². The standard InChI is InChI=1S/C16H26N2/c1-5-15(14-8-6-13(2)7-9-14)18-11-10-17-12-16(18,3)4/h6-9,15,17H,5,10-12H2,1-4H3. The van der Waals surface area contributed by atoms with Crippen LogP contribution in [0.5, 0.6) is 0 Å². The summed E-state index contributed by atoms with van der Waals surface area (Å²) in [5.41, 5.74) is 3.04. The Morgan fingerprint density at radius 2 is 1.94 bits per heavy atom. The normalized spacial score (nSPS) is 21.8. The zero-order valence-electron chi connectivity index (χ0n) is 12.2. The molecule has 0 amide bonds. The van der Waals surface area contributed by atoms with Crippen LogP contribution in [0.15, 0.2) is 24.3 Å². The highest BCUT2D eigenvalue weighted by molar-refractivity contribution is 5.24. The summed E-state index contributed by atoms with van der Waals surface area (Å²) in [7, 11) is 0. The fourth-order valence-corrected chi connectivity index (χ4v) is 3.00. The topological polar surface area (TPSA) is 15.3 Å². The van der Waals surface area contributed by atoms with Crippen molar-refractivity contribution in [3.63, 3.8) is 0 Å². The van der Waals surface area contributed by atoms with E-state index in [1.165, 1.54) is 17.5 Å². The van der Waals surface area contributed by atoms with E-state index in [9.17, 15) is 0 Å². The Hall–Kier alpha value is -0.860. The van der Waals surface area contributed by atoms with Gasteiger partial charge in [-0.05, 0) is 32.8 Å². The van der Waals surface area contributed by atoms with Crippen LogP contribution in [0.25, 0.3) is 0 Å². The third-order valence-electron chi connectivity index (χ3n) is 4.09. The van der Waals surface area contributed by atoms with Gasteiger partial charge in [0.1, 0.15) is 0 Å². The zero-order valence-corrected chi connectivity index (χ0v) is 12.2. The van der Waals surface area contributed by atoms with E-state index in [2.05, 4.69) is 62.2 Å². The number of nitrogens with one attached hydrogen (secondary N) is 1. The van der Waals surface area contributed by atoms with E-state index in [1.54, 1.807) is 0 Å². The highest BCUT2D eigenvalue weighted by Gasteiger charge is 2.34. The Bertz CT molecular complexity index is 381. The van der Waals surface area contributed by atoms with E-state index in [4.69, 9.17) is 0 Å². The molecule has 0 saturated carbocycles. The summed E-state index contributed by atoms with van der Waals surface area (Å²) in [6.45, 7) is 12.5. The first-order valence-corrected chi connectivity index (χ1v) is 7.08. The van der Waals surface area contributed by atoms with E-state index in [0.717, 1.165) is 19.6 Å². The van der Waals surface area contributed by atoms with Crippen LogP contribution in [-0.2, 0) is 0 Å². The van der Waals surface area contributed by atoms with E-state index in [1.807, 2.05) is 0 Å². The van der Waals surface area contributed by atoms with Gasteiger partial charge in [-0.1, -0.05) is 36.8 Å². The average Bonchev–Trinajstić information content (AvgIpc) is 2.34. The minimum absolute atomic E-state index is 0.240. The lowest BCUT2D eigenvalue weighted by Gasteiger charge is -2.47. The summed E-state index contributed by atoms with van der Waals surface area (Å²) in [4.78, 5) is 2.66. The number of hydrogen-bond donors (Lipinski definition) is 1. The molecule has 1 heterocycles. The minimum Gasteiger partial charge on any atom is -0.314 e. The van der Waals surface area contributed by atoms with Crippen molar-refractivity contribution >= 4 is 0 Å². The van der Waals surface area contributed by atoms with Gasteiger partial charge in [0.15, 0.2) is 0 Å². The van der Waals surface area contributed by atoms with Crippen molar-refractivity contribution in [2.24, 2.45) is 0 Å². The maximum atomic E-state index is 3.50. The van der Waals surface area contributed by atoms with Gasteiger partial charge in [-0.15, -0.1) is 0 Å². The second-order valence-corrected chi connectivity index (χ2v) is 6.02. The van der Waals surface area contributed by atoms with E-state index < -0.39 is 0 Å². The van der Waals surface area contributed by atoms with Crippen molar-refractivity contribution in [2.75, 3.05) is 19.6 Å². The van der Waals surface area contributed by atoms with Gasteiger partial charge < -0.3 is 5.32 Å². The number of rotatable bonds is 3. The van der Waals surface area contributed by atoms with Crippen molar-refractivity contribution in [3.8, 4) is 0 Å². The van der Waals surface area contributed by atoms with Gasteiger partial charge in [-0.3, -0.25) is 4.90 Å². The van der Waals surface area contributed by atoms with Crippen LogP contribution in [0.3, 0.4) is 0 Å². The van der Waals surface area contributed by atoms with E-state index in [0.29, 0.717) is 6.04 Å². The van der Waals surface area contributed by atoms with Gasteiger partial charge in [0.05, 0.1) is 0 Å². The van der Waals surface area contributed by atoms with Crippen LogP contribution in [0.1, 0.15) is 44.4 Å². The molecule has 1 aromatic carbocycles. The minimum atomic E-state index is 0.240. The second kappa shape index (κ2) is 5.41. The number of nitrogens with zero attached hydrogens (tertiary/aromatic N) is 1. The molecule has 0 spiro atoms. The van der Waals surface area contributed by atoms with Crippen LogP contribution >= 0.6 is 0 Å². The molecule has 1 saturated heterocycles. The molecule has 0 aliphatic carbocycles. The highest BCUT2D eigenvalue weighted by Crippen LogP contribution is 2.31. The predicted octanol–water partition coefficient (Wildman–Crippen LogP) is 3.13. The maximum Gasteiger partial charge on any atom is 0.0351 e. The molecule has 2 rings (SSSR count). The Kier molecular flexibility index (Phi) is 4.08. The van der Waals surface area contributed by atoms with Gasteiger partial charge in [-0.25, -0.2) is 0 Å². The molecule has 0 aromatic heterocycles. The Labute approximate surface area is 111 Å². The van der Waals surface area contributed by atoms with Gasteiger partial charge in [-0.2, -0.15) is 0 Å². The molecule has 1 unspecified atom stereocenters. The third-order valence-corrected chi connectivity index (χ3v) is 4.09. The molecule has 1 aliphatic rings. The summed E-state index contributed by atoms with van der Waals surface area (Å²) >= 11 is 0. The Morgan fingerprint density at radius 1 is 1.28 bits per heavy atom. The molecule has 1 aliphatic heterocycles. The number of aryl methyl sites for hydroxylation is 1. The third kappa shape index (κ3) is 2.76. The molecular weight excluding hydrogens is 220 g/mol. The molecule has 1 atom stereocenters. The maximum absolute atomic E-state index is 3.50. The van der Waals surface area contributed by atoms with Gasteiger partial charge in [0, 0.05) is 31.2 Å². The SMILES string of the molecule is CCC(c1ccc(C)cc1)N1CCNCC1(C)C. The van der Waals surface area contributed by atoms with Gasteiger partial charge in [0.2, 0.25) is 0 Å². The fourth-order valence-electron chi connectivity index (χ4n) is 3.00. The Morgan fingerprint density at radius 3 is 2.50 bits per heavy atom. The summed E-state index contributed by atoms with van der Waals surface area (Å²) in [5, 5.41) is 3.50. The molecular formula is C16H26N2. The molecule has 1 N–H and O–H groups in total. The lowest BCUT2D eigenvalue weighted by Crippen LogP contribution is -2.58. The first-order chi connectivity index (χ1) is 8.54. The molecule has 2 nitrogen and oxygen atoms in total. The van der Waals surface area contributed by atoms with E-state index >= 15 is 0 Å². The van der Waals surface area contributed by atoms with Crippen LogP contribution in [0, 0.1) is 6.92 Å². The monoisotopic (exact) mass is 246 g/mol. The van der Waals surface area contributed by atoms with Crippen molar-refractivity contribution < 1.29 is 0 Å². The van der Waals surface area contributed by atoms with E-state index in [-0.39, 0.29) is 5.54 Å². The van der Waals surface area contributed by atoms with Crippen molar-refractivity contribution in [1.29, 1.82) is 0 Å². The predicted molar refractivity (Wildman–Crippen MR) is 77.9 cm³/mol. The van der Waals surface area contributed by atoms with Crippen molar-refractivity contribution in [2.45, 2.75) is 45.7 Å². The second-order valence-electron chi connectivity index (χ2n) is 6.02. The van der Waals surface area contributed by atoms with Crippen LogP contribution < -0.4 is 5.32 Å². The number of hydrogen-bond acceptors (Lipinski definition) is 2.